The lowest BCUT2D eigenvalue weighted by Crippen LogP contribution is -2.37. The summed E-state index contributed by atoms with van der Waals surface area (Å²) in [5, 5.41) is 2.89. The molecule has 0 spiro atoms. The largest absolute Gasteiger partial charge is 0.397 e. The van der Waals surface area contributed by atoms with Gasteiger partial charge in [0.1, 0.15) is 0 Å². The number of carbonyl (C=O) groups excluding carboxylic acids is 2. The third kappa shape index (κ3) is 3.15. The first-order chi connectivity index (χ1) is 8.99. The number of nitrogen functional groups attached to an aromatic ring is 1. The van der Waals surface area contributed by atoms with Crippen LogP contribution in [0.3, 0.4) is 0 Å². The molecule has 0 heterocycles. The second-order valence-electron chi connectivity index (χ2n) is 4.81. The van der Waals surface area contributed by atoms with E-state index in [-0.39, 0.29) is 12.5 Å². The van der Waals surface area contributed by atoms with Crippen LogP contribution in [0.15, 0.2) is 18.2 Å². The molecule has 2 rings (SSSR count). The second-order valence-corrected chi connectivity index (χ2v) is 4.81. The van der Waals surface area contributed by atoms with Gasteiger partial charge in [0.2, 0.25) is 5.91 Å². The first-order valence-corrected chi connectivity index (χ1v) is 6.18. The number of nitrogens with one attached hydrogen (secondary N) is 1. The molecule has 6 heteroatoms. The summed E-state index contributed by atoms with van der Waals surface area (Å²) < 4.78 is 0. The minimum atomic E-state index is -0.559. The molecule has 102 valence electrons. The first kappa shape index (κ1) is 13.2. The standard InChI is InChI=1S/C13H18N4O2/c1-17(7-11(18)16-8-5-6-8)12-9(13(15)19)3-2-4-10(12)14/h2-4,8H,5-7,14H2,1H3,(H2,15,19)(H,16,18). The Labute approximate surface area is 111 Å². The number of likely N-dealkylation sites (N-methyl/N-ethyl adjacent to an activating group) is 1. The van der Waals surface area contributed by atoms with Crippen molar-refractivity contribution in [2.75, 3.05) is 24.2 Å². The maximum atomic E-state index is 11.8. The van der Waals surface area contributed by atoms with Gasteiger partial charge in [-0.2, -0.15) is 0 Å². The van der Waals surface area contributed by atoms with Crippen molar-refractivity contribution in [2.24, 2.45) is 5.73 Å². The molecular weight excluding hydrogens is 244 g/mol. The van der Waals surface area contributed by atoms with Gasteiger partial charge in [-0.3, -0.25) is 9.59 Å². The first-order valence-electron chi connectivity index (χ1n) is 6.18. The molecule has 1 aromatic rings. The number of anilines is 2. The van der Waals surface area contributed by atoms with Crippen LogP contribution in [0.5, 0.6) is 0 Å². The molecular formula is C13H18N4O2. The normalized spacial score (nSPS) is 13.9. The van der Waals surface area contributed by atoms with Gasteiger partial charge in [-0.05, 0) is 25.0 Å². The van der Waals surface area contributed by atoms with Crippen LogP contribution in [0, 0.1) is 0 Å². The minimum absolute atomic E-state index is 0.0799. The molecule has 1 fully saturated rings. The Morgan fingerprint density at radius 1 is 1.42 bits per heavy atom. The zero-order valence-corrected chi connectivity index (χ0v) is 10.8. The monoisotopic (exact) mass is 262 g/mol. The van der Waals surface area contributed by atoms with Crippen molar-refractivity contribution < 1.29 is 9.59 Å². The van der Waals surface area contributed by atoms with E-state index >= 15 is 0 Å². The van der Waals surface area contributed by atoms with E-state index in [1.54, 1.807) is 30.1 Å². The predicted molar refractivity (Wildman–Crippen MR) is 73.8 cm³/mol. The number of amides is 2. The number of nitrogens with zero attached hydrogens (tertiary/aromatic N) is 1. The van der Waals surface area contributed by atoms with Crippen LogP contribution < -0.4 is 21.7 Å². The van der Waals surface area contributed by atoms with Crippen LogP contribution in [0.1, 0.15) is 23.2 Å². The molecule has 6 nitrogen and oxygen atoms in total. The lowest BCUT2D eigenvalue weighted by Gasteiger charge is -2.22. The van der Waals surface area contributed by atoms with Crippen molar-refractivity contribution in [3.63, 3.8) is 0 Å². The summed E-state index contributed by atoms with van der Waals surface area (Å²) in [5.41, 5.74) is 12.4. The maximum absolute atomic E-state index is 11.8. The van der Waals surface area contributed by atoms with Crippen molar-refractivity contribution >= 4 is 23.2 Å². The number of nitrogens with two attached hydrogens (primary N) is 2. The topological polar surface area (TPSA) is 101 Å². The van der Waals surface area contributed by atoms with Gasteiger partial charge in [0.15, 0.2) is 0 Å². The number of rotatable bonds is 5. The van der Waals surface area contributed by atoms with Crippen LogP contribution in [-0.4, -0.2) is 31.4 Å². The van der Waals surface area contributed by atoms with E-state index in [2.05, 4.69) is 5.32 Å². The SMILES string of the molecule is CN(CC(=O)NC1CC1)c1c(N)cccc1C(N)=O. The zero-order chi connectivity index (χ0) is 14.0. The summed E-state index contributed by atoms with van der Waals surface area (Å²) in [6.45, 7) is 0.144. The van der Waals surface area contributed by atoms with Gasteiger partial charge in [-0.1, -0.05) is 6.07 Å². The van der Waals surface area contributed by atoms with Crippen LogP contribution >= 0.6 is 0 Å². The highest BCUT2D eigenvalue weighted by atomic mass is 16.2. The summed E-state index contributed by atoms with van der Waals surface area (Å²) in [7, 11) is 1.71. The Bertz CT molecular complexity index is 511. The van der Waals surface area contributed by atoms with Crippen molar-refractivity contribution in [3.05, 3.63) is 23.8 Å². The van der Waals surface area contributed by atoms with E-state index in [0.29, 0.717) is 23.0 Å². The molecule has 0 atom stereocenters. The molecule has 1 aromatic carbocycles. The van der Waals surface area contributed by atoms with Crippen LogP contribution in [0.2, 0.25) is 0 Å². The quantitative estimate of drug-likeness (QED) is 0.654. The molecule has 1 aliphatic carbocycles. The highest BCUT2D eigenvalue weighted by molar-refractivity contribution is 6.02. The summed E-state index contributed by atoms with van der Waals surface area (Å²) in [6, 6.07) is 5.25. The molecule has 0 saturated heterocycles. The molecule has 0 aromatic heterocycles. The molecule has 0 bridgehead atoms. The highest BCUT2D eigenvalue weighted by Gasteiger charge is 2.24. The molecule has 2 amide bonds. The third-order valence-electron chi connectivity index (χ3n) is 3.04. The van der Waals surface area contributed by atoms with E-state index in [0.717, 1.165) is 12.8 Å². The lowest BCUT2D eigenvalue weighted by atomic mass is 10.1. The Hall–Kier alpha value is -2.24. The Balaban J connectivity index is 2.14. The van der Waals surface area contributed by atoms with Crippen molar-refractivity contribution in [1.29, 1.82) is 0 Å². The van der Waals surface area contributed by atoms with Crippen molar-refractivity contribution in [1.82, 2.24) is 5.32 Å². The van der Waals surface area contributed by atoms with Gasteiger partial charge in [0.25, 0.3) is 5.91 Å². The Morgan fingerprint density at radius 3 is 2.68 bits per heavy atom. The number of hydrogen-bond acceptors (Lipinski definition) is 4. The minimum Gasteiger partial charge on any atom is -0.397 e. The second kappa shape index (κ2) is 5.17. The van der Waals surface area contributed by atoms with E-state index in [1.165, 1.54) is 0 Å². The maximum Gasteiger partial charge on any atom is 0.250 e. The average Bonchev–Trinajstić information content (AvgIpc) is 3.11. The Morgan fingerprint density at radius 2 is 2.11 bits per heavy atom. The van der Waals surface area contributed by atoms with Gasteiger partial charge in [-0.25, -0.2) is 0 Å². The fourth-order valence-corrected chi connectivity index (χ4v) is 1.98. The molecule has 19 heavy (non-hydrogen) atoms. The fraction of sp³-hybridized carbons (Fsp3) is 0.385. The van der Waals surface area contributed by atoms with E-state index in [4.69, 9.17) is 11.5 Å². The molecule has 0 aliphatic heterocycles. The molecule has 1 saturated carbocycles. The van der Waals surface area contributed by atoms with Gasteiger partial charge < -0.3 is 21.7 Å². The van der Waals surface area contributed by atoms with E-state index in [1.807, 2.05) is 0 Å². The highest BCUT2D eigenvalue weighted by Crippen LogP contribution is 2.26. The van der Waals surface area contributed by atoms with Gasteiger partial charge in [-0.15, -0.1) is 0 Å². The van der Waals surface area contributed by atoms with Gasteiger partial charge >= 0.3 is 0 Å². The van der Waals surface area contributed by atoms with Crippen molar-refractivity contribution in [3.8, 4) is 0 Å². The van der Waals surface area contributed by atoms with Gasteiger partial charge in [0.05, 0.1) is 23.5 Å². The molecule has 5 N–H and O–H groups in total. The molecule has 1 aliphatic rings. The Kier molecular flexibility index (Phi) is 3.59. The number of carbonyl (C=O) groups is 2. The van der Waals surface area contributed by atoms with E-state index < -0.39 is 5.91 Å². The summed E-state index contributed by atoms with van der Waals surface area (Å²) in [6.07, 6.45) is 2.07. The van der Waals surface area contributed by atoms with Crippen molar-refractivity contribution in [2.45, 2.75) is 18.9 Å². The molecule has 0 radical (unpaired) electrons. The number of primary amides is 1. The fourth-order valence-electron chi connectivity index (χ4n) is 1.98. The van der Waals surface area contributed by atoms with E-state index in [9.17, 15) is 9.59 Å². The van der Waals surface area contributed by atoms with Crippen LogP contribution in [0.4, 0.5) is 11.4 Å². The smallest absolute Gasteiger partial charge is 0.250 e. The van der Waals surface area contributed by atoms with Crippen LogP contribution in [-0.2, 0) is 4.79 Å². The predicted octanol–water partition coefficient (Wildman–Crippen LogP) is 0.0825. The number of para-hydroxylation sites is 1. The zero-order valence-electron chi connectivity index (χ0n) is 10.8. The molecule has 0 unspecified atom stereocenters. The average molecular weight is 262 g/mol. The van der Waals surface area contributed by atoms with Crippen LogP contribution in [0.25, 0.3) is 0 Å². The number of hydrogen-bond donors (Lipinski definition) is 3. The summed E-state index contributed by atoms with van der Waals surface area (Å²) >= 11 is 0. The summed E-state index contributed by atoms with van der Waals surface area (Å²) in [4.78, 5) is 24.8. The lowest BCUT2D eigenvalue weighted by molar-refractivity contribution is -0.119. The van der Waals surface area contributed by atoms with Gasteiger partial charge in [0, 0.05) is 13.1 Å². The number of benzene rings is 1. The summed E-state index contributed by atoms with van der Waals surface area (Å²) in [5.74, 6) is -0.638. The third-order valence-corrected chi connectivity index (χ3v) is 3.04.